The average molecular weight is 321 g/mol. The molecule has 0 amide bonds. The summed E-state index contributed by atoms with van der Waals surface area (Å²) in [6.45, 7) is 0. The maximum Gasteiger partial charge on any atom is 0.307 e. The number of carboxylic acid groups (broad SMARTS) is 1. The molecule has 21 heavy (non-hydrogen) atoms. The first-order valence-corrected chi connectivity index (χ1v) is 7.76. The van der Waals surface area contributed by atoms with Crippen molar-refractivity contribution in [3.63, 3.8) is 0 Å². The molecule has 2 aromatic heterocycles. The van der Waals surface area contributed by atoms with Crippen LogP contribution in [0, 0.1) is 5.92 Å². The first-order chi connectivity index (χ1) is 10.1. The normalized spacial score (nSPS) is 12.6. The van der Waals surface area contributed by atoms with Crippen LogP contribution in [0.15, 0.2) is 42.0 Å². The van der Waals surface area contributed by atoms with Crippen LogP contribution >= 0.6 is 22.9 Å². The van der Waals surface area contributed by atoms with Gasteiger partial charge in [-0.25, -0.2) is 4.98 Å². The van der Waals surface area contributed by atoms with Crippen LogP contribution in [0.25, 0.3) is 4.96 Å². The molecule has 1 unspecified atom stereocenters. The number of aromatic nitrogens is 2. The Labute approximate surface area is 130 Å². The van der Waals surface area contributed by atoms with Gasteiger partial charge >= 0.3 is 5.97 Å². The quantitative estimate of drug-likeness (QED) is 0.782. The van der Waals surface area contributed by atoms with E-state index in [1.54, 1.807) is 12.1 Å². The second-order valence-corrected chi connectivity index (χ2v) is 6.20. The topological polar surface area (TPSA) is 54.6 Å². The van der Waals surface area contributed by atoms with Crippen molar-refractivity contribution >= 4 is 33.9 Å². The van der Waals surface area contributed by atoms with Crippen LogP contribution in [0.5, 0.6) is 0 Å². The SMILES string of the molecule is O=C(O)C(Cc1ccc(Cl)cc1)Cc1cn2ccsc2n1. The van der Waals surface area contributed by atoms with E-state index in [9.17, 15) is 9.90 Å². The van der Waals surface area contributed by atoms with Gasteiger partial charge in [-0.3, -0.25) is 9.20 Å². The lowest BCUT2D eigenvalue weighted by Crippen LogP contribution is -2.19. The summed E-state index contributed by atoms with van der Waals surface area (Å²) in [5.74, 6) is -1.29. The molecule has 0 fully saturated rings. The number of carbonyl (C=O) groups is 1. The Balaban J connectivity index is 1.76. The van der Waals surface area contributed by atoms with Gasteiger partial charge in [0.05, 0.1) is 11.6 Å². The van der Waals surface area contributed by atoms with E-state index in [2.05, 4.69) is 4.98 Å². The van der Waals surface area contributed by atoms with E-state index in [0.717, 1.165) is 16.2 Å². The molecular formula is C15H13ClN2O2S. The van der Waals surface area contributed by atoms with Crippen molar-refractivity contribution in [1.29, 1.82) is 0 Å². The highest BCUT2D eigenvalue weighted by Gasteiger charge is 2.20. The fourth-order valence-electron chi connectivity index (χ4n) is 2.28. The third-order valence-corrected chi connectivity index (χ3v) is 4.37. The van der Waals surface area contributed by atoms with E-state index in [0.29, 0.717) is 17.9 Å². The lowest BCUT2D eigenvalue weighted by Gasteiger charge is -2.11. The zero-order valence-corrected chi connectivity index (χ0v) is 12.6. The molecule has 0 aliphatic heterocycles. The number of carboxylic acids is 1. The van der Waals surface area contributed by atoms with Crippen LogP contribution in [0.1, 0.15) is 11.3 Å². The van der Waals surface area contributed by atoms with Crippen LogP contribution in [-0.4, -0.2) is 20.5 Å². The summed E-state index contributed by atoms with van der Waals surface area (Å²) in [5.41, 5.74) is 1.77. The van der Waals surface area contributed by atoms with Crippen LogP contribution in [0.4, 0.5) is 0 Å². The summed E-state index contributed by atoms with van der Waals surface area (Å²) >= 11 is 7.38. The van der Waals surface area contributed by atoms with Crippen LogP contribution < -0.4 is 0 Å². The lowest BCUT2D eigenvalue weighted by atomic mass is 9.95. The Kier molecular flexibility index (Phi) is 3.94. The van der Waals surface area contributed by atoms with E-state index >= 15 is 0 Å². The van der Waals surface area contributed by atoms with E-state index in [1.807, 2.05) is 34.3 Å². The number of rotatable bonds is 5. The molecule has 3 rings (SSSR count). The highest BCUT2D eigenvalue weighted by Crippen LogP contribution is 2.19. The zero-order valence-electron chi connectivity index (χ0n) is 11.1. The molecule has 1 atom stereocenters. The molecule has 1 aromatic carbocycles. The number of thiazole rings is 1. The monoisotopic (exact) mass is 320 g/mol. The Morgan fingerprint density at radius 1 is 1.33 bits per heavy atom. The molecule has 0 saturated heterocycles. The van der Waals surface area contributed by atoms with Crippen LogP contribution in [-0.2, 0) is 17.6 Å². The number of hydrogen-bond acceptors (Lipinski definition) is 3. The van der Waals surface area contributed by atoms with Crippen LogP contribution in [0.2, 0.25) is 5.02 Å². The number of fused-ring (bicyclic) bond motifs is 1. The summed E-state index contributed by atoms with van der Waals surface area (Å²) < 4.78 is 1.92. The molecule has 4 nitrogen and oxygen atoms in total. The molecule has 3 aromatic rings. The van der Waals surface area contributed by atoms with Gasteiger partial charge in [0.2, 0.25) is 0 Å². The van der Waals surface area contributed by atoms with Gasteiger partial charge in [-0.15, -0.1) is 11.3 Å². The van der Waals surface area contributed by atoms with Gasteiger partial charge < -0.3 is 5.11 Å². The van der Waals surface area contributed by atoms with Gasteiger partial charge in [0.1, 0.15) is 0 Å². The Morgan fingerprint density at radius 2 is 2.10 bits per heavy atom. The number of aliphatic carboxylic acids is 1. The molecule has 0 spiro atoms. The van der Waals surface area contributed by atoms with Gasteiger partial charge in [-0.05, 0) is 24.1 Å². The minimum Gasteiger partial charge on any atom is -0.481 e. The predicted molar refractivity (Wildman–Crippen MR) is 83.1 cm³/mol. The first-order valence-electron chi connectivity index (χ1n) is 6.50. The maximum absolute atomic E-state index is 11.5. The minimum atomic E-state index is -0.804. The van der Waals surface area contributed by atoms with E-state index < -0.39 is 11.9 Å². The van der Waals surface area contributed by atoms with Gasteiger partial charge in [-0.1, -0.05) is 23.7 Å². The van der Waals surface area contributed by atoms with Gasteiger partial charge in [0, 0.05) is 29.2 Å². The molecule has 0 bridgehead atoms. The summed E-state index contributed by atoms with van der Waals surface area (Å²) in [6.07, 6.45) is 4.71. The third kappa shape index (κ3) is 3.25. The largest absolute Gasteiger partial charge is 0.481 e. The number of hydrogen-bond donors (Lipinski definition) is 1. The first kappa shape index (κ1) is 14.1. The molecule has 0 aliphatic rings. The molecule has 0 aliphatic carbocycles. The van der Waals surface area contributed by atoms with Gasteiger partial charge in [-0.2, -0.15) is 0 Å². The van der Waals surface area contributed by atoms with E-state index in [1.165, 1.54) is 11.3 Å². The molecule has 6 heteroatoms. The lowest BCUT2D eigenvalue weighted by molar-refractivity contribution is -0.141. The summed E-state index contributed by atoms with van der Waals surface area (Å²) in [7, 11) is 0. The average Bonchev–Trinajstić information content (AvgIpc) is 3.01. The van der Waals surface area contributed by atoms with Crippen molar-refractivity contribution in [1.82, 2.24) is 9.38 Å². The fourth-order valence-corrected chi connectivity index (χ4v) is 3.12. The number of benzene rings is 1. The second kappa shape index (κ2) is 5.87. The van der Waals surface area contributed by atoms with Crippen LogP contribution in [0.3, 0.4) is 0 Å². The second-order valence-electron chi connectivity index (χ2n) is 4.89. The van der Waals surface area contributed by atoms with Gasteiger partial charge in [0.15, 0.2) is 4.96 Å². The Hall–Kier alpha value is -1.85. The summed E-state index contributed by atoms with van der Waals surface area (Å²) in [6, 6.07) is 7.29. The third-order valence-electron chi connectivity index (χ3n) is 3.34. The maximum atomic E-state index is 11.5. The number of halogens is 1. The molecule has 108 valence electrons. The fraction of sp³-hybridized carbons (Fsp3) is 0.200. The zero-order chi connectivity index (χ0) is 14.8. The number of nitrogens with zero attached hydrogens (tertiary/aromatic N) is 2. The standard InChI is InChI=1S/C15H13ClN2O2S/c16-12-3-1-10(2-4-12)7-11(14(19)20)8-13-9-18-5-6-21-15(18)17-13/h1-6,9,11H,7-8H2,(H,19,20). The van der Waals surface area contributed by atoms with E-state index in [4.69, 9.17) is 11.6 Å². The molecule has 1 N–H and O–H groups in total. The molecule has 2 heterocycles. The summed E-state index contributed by atoms with van der Waals surface area (Å²) in [5, 5.41) is 12.0. The Bertz CT molecular complexity index is 735. The van der Waals surface area contributed by atoms with Crippen molar-refractivity contribution in [3.8, 4) is 0 Å². The van der Waals surface area contributed by atoms with Crippen molar-refractivity contribution in [3.05, 3.63) is 58.3 Å². The highest BCUT2D eigenvalue weighted by atomic mass is 35.5. The smallest absolute Gasteiger partial charge is 0.307 e. The van der Waals surface area contributed by atoms with Crippen molar-refractivity contribution in [2.45, 2.75) is 12.8 Å². The van der Waals surface area contributed by atoms with E-state index in [-0.39, 0.29) is 0 Å². The minimum absolute atomic E-state index is 0.423. The number of imidazole rings is 1. The van der Waals surface area contributed by atoms with Crippen molar-refractivity contribution in [2.24, 2.45) is 5.92 Å². The van der Waals surface area contributed by atoms with Crippen molar-refractivity contribution < 1.29 is 9.90 Å². The Morgan fingerprint density at radius 3 is 2.76 bits per heavy atom. The highest BCUT2D eigenvalue weighted by molar-refractivity contribution is 7.15. The molecule has 0 saturated carbocycles. The van der Waals surface area contributed by atoms with Crippen molar-refractivity contribution in [2.75, 3.05) is 0 Å². The summed E-state index contributed by atoms with van der Waals surface area (Å²) in [4.78, 5) is 16.8. The molecular weight excluding hydrogens is 308 g/mol. The molecule has 0 radical (unpaired) electrons. The van der Waals surface area contributed by atoms with Gasteiger partial charge in [0.25, 0.3) is 0 Å². The predicted octanol–water partition coefficient (Wildman–Crippen LogP) is 3.54.